The summed E-state index contributed by atoms with van der Waals surface area (Å²) in [5.41, 5.74) is 0.984. The van der Waals surface area contributed by atoms with E-state index < -0.39 is 0 Å². The molecule has 2 heterocycles. The van der Waals surface area contributed by atoms with E-state index in [1.165, 1.54) is 17.0 Å². The Kier molecular flexibility index (Phi) is 4.22. The number of amides is 2. The number of likely N-dealkylation sites (tertiary alicyclic amines) is 2. The van der Waals surface area contributed by atoms with Gasteiger partial charge < -0.3 is 4.74 Å². The number of fused-ring (bicyclic) bond motifs is 1. The van der Waals surface area contributed by atoms with E-state index in [0.29, 0.717) is 32.8 Å². The SMILES string of the molecule is COCCN1C(=O)[C@H]2CN(Cc3ccc(F)cc3)C[C@H]2C1=O. The quantitative estimate of drug-likeness (QED) is 0.758. The van der Waals surface area contributed by atoms with E-state index in [2.05, 4.69) is 4.90 Å². The highest BCUT2D eigenvalue weighted by Gasteiger charge is 2.51. The molecule has 1 aromatic carbocycles. The van der Waals surface area contributed by atoms with E-state index in [1.54, 1.807) is 19.2 Å². The number of carbonyl (C=O) groups excluding carboxylic acids is 2. The molecule has 0 aromatic heterocycles. The van der Waals surface area contributed by atoms with Gasteiger partial charge in [-0.25, -0.2) is 4.39 Å². The highest BCUT2D eigenvalue weighted by Crippen LogP contribution is 2.33. The molecule has 2 aliphatic heterocycles. The number of ether oxygens (including phenoxy) is 1. The van der Waals surface area contributed by atoms with Gasteiger partial charge in [-0.3, -0.25) is 19.4 Å². The van der Waals surface area contributed by atoms with Crippen molar-refractivity contribution in [3.63, 3.8) is 0 Å². The van der Waals surface area contributed by atoms with E-state index in [4.69, 9.17) is 4.74 Å². The summed E-state index contributed by atoms with van der Waals surface area (Å²) in [4.78, 5) is 28.1. The average molecular weight is 306 g/mol. The summed E-state index contributed by atoms with van der Waals surface area (Å²) in [6.45, 7) is 2.49. The third-order valence-corrected chi connectivity index (χ3v) is 4.40. The molecule has 0 spiro atoms. The highest BCUT2D eigenvalue weighted by atomic mass is 19.1. The molecule has 0 aliphatic carbocycles. The Morgan fingerprint density at radius 1 is 1.14 bits per heavy atom. The van der Waals surface area contributed by atoms with Crippen molar-refractivity contribution < 1.29 is 18.7 Å². The number of nitrogens with zero attached hydrogens (tertiary/aromatic N) is 2. The van der Waals surface area contributed by atoms with Crippen molar-refractivity contribution in [1.29, 1.82) is 0 Å². The highest BCUT2D eigenvalue weighted by molar-refractivity contribution is 6.05. The van der Waals surface area contributed by atoms with Crippen LogP contribution in [0.5, 0.6) is 0 Å². The summed E-state index contributed by atoms with van der Waals surface area (Å²) in [7, 11) is 1.55. The second kappa shape index (κ2) is 6.14. The van der Waals surface area contributed by atoms with Gasteiger partial charge in [-0.1, -0.05) is 12.1 Å². The number of hydrogen-bond acceptors (Lipinski definition) is 4. The van der Waals surface area contributed by atoms with Crippen molar-refractivity contribution in [3.8, 4) is 0 Å². The van der Waals surface area contributed by atoms with Crippen LogP contribution in [0.4, 0.5) is 4.39 Å². The third-order valence-electron chi connectivity index (χ3n) is 4.40. The maximum atomic E-state index is 12.9. The van der Waals surface area contributed by atoms with E-state index in [-0.39, 0.29) is 29.5 Å². The number of halogens is 1. The van der Waals surface area contributed by atoms with Gasteiger partial charge in [-0.05, 0) is 17.7 Å². The number of imide groups is 1. The van der Waals surface area contributed by atoms with E-state index in [1.807, 2.05) is 0 Å². The lowest BCUT2D eigenvalue weighted by Gasteiger charge is -2.20. The number of methoxy groups -OCH3 is 1. The molecule has 22 heavy (non-hydrogen) atoms. The van der Waals surface area contributed by atoms with Gasteiger partial charge in [-0.15, -0.1) is 0 Å². The molecule has 3 rings (SSSR count). The Balaban J connectivity index is 1.63. The first-order valence-electron chi connectivity index (χ1n) is 7.41. The van der Waals surface area contributed by atoms with Crippen molar-refractivity contribution >= 4 is 11.8 Å². The fourth-order valence-electron chi connectivity index (χ4n) is 3.27. The Labute approximate surface area is 128 Å². The van der Waals surface area contributed by atoms with Gasteiger partial charge in [0, 0.05) is 26.7 Å². The molecule has 6 heteroatoms. The lowest BCUT2D eigenvalue weighted by molar-refractivity contribution is -0.141. The van der Waals surface area contributed by atoms with Gasteiger partial charge in [0.1, 0.15) is 5.82 Å². The average Bonchev–Trinajstić information content (AvgIpc) is 3.01. The topological polar surface area (TPSA) is 49.9 Å². The van der Waals surface area contributed by atoms with Gasteiger partial charge in [0.15, 0.2) is 0 Å². The molecule has 2 fully saturated rings. The van der Waals surface area contributed by atoms with Crippen molar-refractivity contribution in [2.75, 3.05) is 33.4 Å². The number of benzene rings is 1. The van der Waals surface area contributed by atoms with E-state index >= 15 is 0 Å². The van der Waals surface area contributed by atoms with E-state index in [0.717, 1.165) is 5.56 Å². The number of carbonyl (C=O) groups is 2. The van der Waals surface area contributed by atoms with Crippen molar-refractivity contribution in [3.05, 3.63) is 35.6 Å². The van der Waals surface area contributed by atoms with Gasteiger partial charge in [0.2, 0.25) is 11.8 Å². The predicted molar refractivity (Wildman–Crippen MR) is 77.3 cm³/mol. The molecular formula is C16H19FN2O3. The summed E-state index contributed by atoms with van der Waals surface area (Å²) in [6.07, 6.45) is 0. The summed E-state index contributed by atoms with van der Waals surface area (Å²) >= 11 is 0. The molecule has 118 valence electrons. The number of rotatable bonds is 5. The van der Waals surface area contributed by atoms with Gasteiger partial charge >= 0.3 is 0 Å². The summed E-state index contributed by atoms with van der Waals surface area (Å²) < 4.78 is 17.9. The van der Waals surface area contributed by atoms with Crippen molar-refractivity contribution in [1.82, 2.24) is 9.80 Å². The molecule has 0 N–H and O–H groups in total. The van der Waals surface area contributed by atoms with Crippen LogP contribution in [0.3, 0.4) is 0 Å². The molecule has 2 aliphatic rings. The first-order valence-corrected chi connectivity index (χ1v) is 7.41. The smallest absolute Gasteiger partial charge is 0.234 e. The Morgan fingerprint density at radius 3 is 2.27 bits per heavy atom. The Hall–Kier alpha value is -1.79. The Morgan fingerprint density at radius 2 is 1.73 bits per heavy atom. The minimum Gasteiger partial charge on any atom is -0.383 e. The maximum absolute atomic E-state index is 12.9. The zero-order valence-corrected chi connectivity index (χ0v) is 12.5. The maximum Gasteiger partial charge on any atom is 0.234 e. The van der Waals surface area contributed by atoms with Crippen LogP contribution in [0.2, 0.25) is 0 Å². The molecule has 0 radical (unpaired) electrons. The lowest BCUT2D eigenvalue weighted by Crippen LogP contribution is -2.37. The molecule has 2 atom stereocenters. The Bertz CT molecular complexity index is 551. The molecule has 0 bridgehead atoms. The van der Waals surface area contributed by atoms with Crippen LogP contribution < -0.4 is 0 Å². The first kappa shape index (κ1) is 15.1. The van der Waals surface area contributed by atoms with Crippen LogP contribution in [-0.2, 0) is 20.9 Å². The zero-order valence-electron chi connectivity index (χ0n) is 12.5. The normalized spacial score (nSPS) is 25.1. The summed E-state index contributed by atoms with van der Waals surface area (Å²) in [5.74, 6) is -0.932. The molecule has 2 amide bonds. The molecule has 0 saturated carbocycles. The van der Waals surface area contributed by atoms with Crippen LogP contribution >= 0.6 is 0 Å². The van der Waals surface area contributed by atoms with Crippen LogP contribution in [0.1, 0.15) is 5.56 Å². The lowest BCUT2D eigenvalue weighted by atomic mass is 10.00. The zero-order chi connectivity index (χ0) is 15.7. The summed E-state index contributed by atoms with van der Waals surface area (Å²) in [5, 5.41) is 0. The van der Waals surface area contributed by atoms with Crippen LogP contribution in [0.15, 0.2) is 24.3 Å². The molecule has 0 unspecified atom stereocenters. The van der Waals surface area contributed by atoms with Gasteiger partial charge in [-0.2, -0.15) is 0 Å². The van der Waals surface area contributed by atoms with Crippen molar-refractivity contribution in [2.24, 2.45) is 11.8 Å². The van der Waals surface area contributed by atoms with Crippen LogP contribution in [0, 0.1) is 17.7 Å². The predicted octanol–water partition coefficient (Wildman–Crippen LogP) is 0.889. The molecular weight excluding hydrogens is 287 g/mol. The summed E-state index contributed by atoms with van der Waals surface area (Å²) in [6, 6.07) is 6.32. The largest absolute Gasteiger partial charge is 0.383 e. The first-order chi connectivity index (χ1) is 10.6. The fraction of sp³-hybridized carbons (Fsp3) is 0.500. The van der Waals surface area contributed by atoms with Gasteiger partial charge in [0.05, 0.1) is 25.0 Å². The van der Waals surface area contributed by atoms with Crippen LogP contribution in [0.25, 0.3) is 0 Å². The monoisotopic (exact) mass is 306 g/mol. The molecule has 5 nitrogen and oxygen atoms in total. The minimum atomic E-state index is -0.263. The van der Waals surface area contributed by atoms with Gasteiger partial charge in [0.25, 0.3) is 0 Å². The molecule has 2 saturated heterocycles. The molecule has 1 aromatic rings. The second-order valence-electron chi connectivity index (χ2n) is 5.85. The standard InChI is InChI=1S/C16H19FN2O3/c1-22-7-6-19-15(20)13-9-18(10-14(13)16(19)21)8-11-2-4-12(17)5-3-11/h2-5,13-14H,6-10H2,1H3/t13-,14+. The number of hydrogen-bond donors (Lipinski definition) is 0. The van der Waals surface area contributed by atoms with Crippen molar-refractivity contribution in [2.45, 2.75) is 6.54 Å². The minimum absolute atomic E-state index is 0.0892. The fourth-order valence-corrected chi connectivity index (χ4v) is 3.27. The second-order valence-corrected chi connectivity index (χ2v) is 5.85. The van der Waals surface area contributed by atoms with Crippen LogP contribution in [-0.4, -0.2) is 55.0 Å². The van der Waals surface area contributed by atoms with E-state index in [9.17, 15) is 14.0 Å². The third kappa shape index (κ3) is 2.76.